The molecule has 22 heavy (non-hydrogen) atoms. The number of hydrogen-bond donors (Lipinski definition) is 1. The molecule has 0 unspecified atom stereocenters. The number of piperidine rings is 1. The number of hydrogen-bond acceptors (Lipinski definition) is 3. The highest BCUT2D eigenvalue weighted by molar-refractivity contribution is 14.0. The molecule has 5 nitrogen and oxygen atoms in total. The van der Waals surface area contributed by atoms with E-state index < -0.39 is 0 Å². The second-order valence-electron chi connectivity index (χ2n) is 5.11. The minimum atomic E-state index is -0.0489. The van der Waals surface area contributed by atoms with E-state index in [9.17, 15) is 4.79 Å². The summed E-state index contributed by atoms with van der Waals surface area (Å²) in [6, 6.07) is 0. The van der Waals surface area contributed by atoms with E-state index in [0.29, 0.717) is 6.61 Å². The smallest absolute Gasteiger partial charge is 0.309 e. The van der Waals surface area contributed by atoms with E-state index in [-0.39, 0.29) is 35.9 Å². The van der Waals surface area contributed by atoms with Gasteiger partial charge in [-0.15, -0.1) is 24.0 Å². The average molecular weight is 423 g/mol. The summed E-state index contributed by atoms with van der Waals surface area (Å²) in [6.07, 6.45) is 6.83. The molecule has 0 radical (unpaired) electrons. The molecular weight excluding hydrogens is 393 g/mol. The van der Waals surface area contributed by atoms with Gasteiger partial charge in [0.05, 0.1) is 12.5 Å². The third kappa shape index (κ3) is 7.47. The van der Waals surface area contributed by atoms with Crippen molar-refractivity contribution in [3.8, 4) is 0 Å². The van der Waals surface area contributed by atoms with Crippen LogP contribution in [0.15, 0.2) is 17.1 Å². The second kappa shape index (κ2) is 12.7. The Labute approximate surface area is 151 Å². The van der Waals surface area contributed by atoms with Crippen LogP contribution in [0.3, 0.4) is 0 Å². The number of nitrogens with one attached hydrogen (secondary N) is 1. The Morgan fingerprint density at radius 1 is 1.36 bits per heavy atom. The van der Waals surface area contributed by atoms with E-state index in [2.05, 4.69) is 28.2 Å². The van der Waals surface area contributed by atoms with Gasteiger partial charge >= 0.3 is 5.97 Å². The number of ether oxygens (including phenoxy) is 1. The van der Waals surface area contributed by atoms with Crippen LogP contribution in [-0.2, 0) is 9.53 Å². The number of rotatable bonds is 6. The number of allylic oxidation sites excluding steroid dienone is 1. The number of halogens is 1. The van der Waals surface area contributed by atoms with Gasteiger partial charge < -0.3 is 15.0 Å². The summed E-state index contributed by atoms with van der Waals surface area (Å²) < 4.78 is 5.11. The first-order valence-corrected chi connectivity index (χ1v) is 8.03. The highest BCUT2D eigenvalue weighted by Crippen LogP contribution is 2.18. The lowest BCUT2D eigenvalue weighted by Crippen LogP contribution is -2.46. The molecule has 1 aliphatic rings. The second-order valence-corrected chi connectivity index (χ2v) is 5.11. The number of nitrogens with zero attached hydrogens (tertiary/aromatic N) is 2. The Balaban J connectivity index is 0.00000441. The fraction of sp³-hybridized carbons (Fsp3) is 0.750. The number of aliphatic imine (C=N–C) groups is 1. The molecule has 1 aliphatic heterocycles. The maximum atomic E-state index is 11.8. The Morgan fingerprint density at radius 2 is 2.05 bits per heavy atom. The van der Waals surface area contributed by atoms with Crippen molar-refractivity contribution < 1.29 is 9.53 Å². The molecule has 0 aromatic carbocycles. The van der Waals surface area contributed by atoms with Crippen LogP contribution < -0.4 is 5.32 Å². The van der Waals surface area contributed by atoms with Crippen LogP contribution in [0.25, 0.3) is 0 Å². The van der Waals surface area contributed by atoms with Crippen molar-refractivity contribution in [2.75, 3.05) is 32.8 Å². The van der Waals surface area contributed by atoms with Crippen molar-refractivity contribution in [1.82, 2.24) is 10.2 Å². The van der Waals surface area contributed by atoms with E-state index in [1.807, 2.05) is 19.9 Å². The number of esters is 1. The van der Waals surface area contributed by atoms with Crippen molar-refractivity contribution in [3.05, 3.63) is 12.2 Å². The van der Waals surface area contributed by atoms with Crippen LogP contribution in [0.2, 0.25) is 0 Å². The van der Waals surface area contributed by atoms with Crippen molar-refractivity contribution in [2.45, 2.75) is 40.0 Å². The molecule has 0 saturated carbocycles. The minimum Gasteiger partial charge on any atom is -0.466 e. The van der Waals surface area contributed by atoms with Crippen molar-refractivity contribution in [1.29, 1.82) is 0 Å². The third-order valence-corrected chi connectivity index (χ3v) is 3.54. The fourth-order valence-electron chi connectivity index (χ4n) is 2.42. The highest BCUT2D eigenvalue weighted by Gasteiger charge is 2.27. The zero-order chi connectivity index (χ0) is 15.5. The molecule has 0 bridgehead atoms. The molecule has 0 spiro atoms. The predicted octanol–water partition coefficient (Wildman–Crippen LogP) is 2.81. The summed E-state index contributed by atoms with van der Waals surface area (Å²) in [5, 5.41) is 3.33. The maximum absolute atomic E-state index is 11.8. The van der Waals surface area contributed by atoms with Gasteiger partial charge in [-0.1, -0.05) is 12.2 Å². The quantitative estimate of drug-likeness (QED) is 0.178. The normalized spacial score (nSPS) is 16.5. The maximum Gasteiger partial charge on any atom is 0.309 e. The molecular formula is C16H30IN3O2. The number of carbonyl (C=O) groups is 1. The number of likely N-dealkylation sites (tertiary alicyclic amines) is 1. The summed E-state index contributed by atoms with van der Waals surface area (Å²) in [6.45, 7) is 9.80. The zero-order valence-corrected chi connectivity index (χ0v) is 16.3. The highest BCUT2D eigenvalue weighted by atomic mass is 127. The minimum absolute atomic E-state index is 0. The van der Waals surface area contributed by atoms with Crippen molar-refractivity contribution in [3.63, 3.8) is 0 Å². The molecule has 0 aliphatic carbocycles. The molecule has 1 fully saturated rings. The Kier molecular flexibility index (Phi) is 12.3. The van der Waals surface area contributed by atoms with Crippen LogP contribution in [0, 0.1) is 5.92 Å². The van der Waals surface area contributed by atoms with Crippen LogP contribution in [0.1, 0.15) is 40.0 Å². The lowest BCUT2D eigenvalue weighted by atomic mass is 9.97. The molecule has 0 atom stereocenters. The van der Waals surface area contributed by atoms with Gasteiger partial charge in [-0.25, -0.2) is 0 Å². The lowest BCUT2D eigenvalue weighted by molar-refractivity contribution is -0.149. The van der Waals surface area contributed by atoms with Gasteiger partial charge in [0.2, 0.25) is 0 Å². The first-order chi connectivity index (χ1) is 10.2. The van der Waals surface area contributed by atoms with Gasteiger partial charge in [0.25, 0.3) is 0 Å². The van der Waals surface area contributed by atoms with Crippen molar-refractivity contribution in [2.24, 2.45) is 10.9 Å². The van der Waals surface area contributed by atoms with Crippen LogP contribution in [-0.4, -0.2) is 49.6 Å². The molecule has 0 amide bonds. The molecule has 1 N–H and O–H groups in total. The van der Waals surface area contributed by atoms with E-state index in [4.69, 9.17) is 4.74 Å². The van der Waals surface area contributed by atoms with Crippen molar-refractivity contribution >= 4 is 35.9 Å². The fourth-order valence-corrected chi connectivity index (χ4v) is 2.42. The van der Waals surface area contributed by atoms with Crippen LogP contribution in [0.5, 0.6) is 0 Å². The topological polar surface area (TPSA) is 53.9 Å². The van der Waals surface area contributed by atoms with Gasteiger partial charge in [-0.2, -0.15) is 0 Å². The molecule has 6 heteroatoms. The van der Waals surface area contributed by atoms with Crippen LogP contribution in [0.4, 0.5) is 0 Å². The molecule has 128 valence electrons. The first-order valence-electron chi connectivity index (χ1n) is 8.03. The SMILES string of the molecule is C/C=C/CCN=C(NCC)N1CCC(C(=O)OCC)CC1.I. The van der Waals surface area contributed by atoms with Gasteiger partial charge in [0.1, 0.15) is 0 Å². The summed E-state index contributed by atoms with van der Waals surface area (Å²) in [4.78, 5) is 18.6. The predicted molar refractivity (Wildman–Crippen MR) is 102 cm³/mol. The standard InChI is InChI=1S/C16H29N3O2.HI/c1-4-7-8-11-18-16(17-5-2)19-12-9-14(10-13-19)15(20)21-6-3;/h4,7,14H,5-6,8-13H2,1-3H3,(H,17,18);1H/b7-4+;. The van der Waals surface area contributed by atoms with E-state index >= 15 is 0 Å². The monoisotopic (exact) mass is 423 g/mol. The molecule has 1 heterocycles. The first kappa shape index (κ1) is 21.2. The Morgan fingerprint density at radius 3 is 2.59 bits per heavy atom. The Bertz CT molecular complexity index is 364. The number of guanidine groups is 1. The summed E-state index contributed by atoms with van der Waals surface area (Å²) in [7, 11) is 0. The lowest BCUT2D eigenvalue weighted by Gasteiger charge is -2.33. The van der Waals surface area contributed by atoms with Gasteiger partial charge in [-0.05, 0) is 40.0 Å². The third-order valence-electron chi connectivity index (χ3n) is 3.54. The van der Waals surface area contributed by atoms with E-state index in [1.54, 1.807) is 0 Å². The van der Waals surface area contributed by atoms with Gasteiger partial charge in [0, 0.05) is 26.2 Å². The molecule has 1 rings (SSSR count). The largest absolute Gasteiger partial charge is 0.466 e. The van der Waals surface area contributed by atoms with Crippen LogP contribution >= 0.6 is 24.0 Å². The summed E-state index contributed by atoms with van der Waals surface area (Å²) in [5.74, 6) is 0.962. The Hall–Kier alpha value is -0.790. The summed E-state index contributed by atoms with van der Waals surface area (Å²) >= 11 is 0. The molecule has 0 aromatic rings. The zero-order valence-electron chi connectivity index (χ0n) is 14.0. The molecule has 1 saturated heterocycles. The van der Waals surface area contributed by atoms with Gasteiger partial charge in [-0.3, -0.25) is 9.79 Å². The van der Waals surface area contributed by atoms with Gasteiger partial charge in [0.15, 0.2) is 5.96 Å². The number of carbonyl (C=O) groups excluding carboxylic acids is 1. The van der Waals surface area contributed by atoms with E-state index in [0.717, 1.165) is 51.4 Å². The van der Waals surface area contributed by atoms with E-state index in [1.165, 1.54) is 0 Å². The molecule has 0 aromatic heterocycles. The summed E-state index contributed by atoms with van der Waals surface area (Å²) in [5.41, 5.74) is 0. The average Bonchev–Trinajstić information content (AvgIpc) is 2.51.